The molecule has 0 aliphatic rings. The zero-order valence-electron chi connectivity index (χ0n) is 8.92. The highest BCUT2D eigenvalue weighted by Crippen LogP contribution is 2.03. The average Bonchev–Trinajstić information content (AvgIpc) is 2.46. The van der Waals surface area contributed by atoms with E-state index in [0.717, 1.165) is 17.9 Å². The summed E-state index contributed by atoms with van der Waals surface area (Å²) in [5.74, 6) is -0.0192. The molecular formula is C10H17N3O. The highest BCUT2D eigenvalue weighted by atomic mass is 16.2. The molecule has 1 heterocycles. The lowest BCUT2D eigenvalue weighted by atomic mass is 10.5. The Morgan fingerprint density at radius 3 is 2.43 bits per heavy atom. The van der Waals surface area contributed by atoms with E-state index < -0.39 is 0 Å². The van der Waals surface area contributed by atoms with Crippen LogP contribution in [0.4, 0.5) is 0 Å². The Bertz CT molecular complexity index is 298. The van der Waals surface area contributed by atoms with E-state index in [-0.39, 0.29) is 5.91 Å². The zero-order chi connectivity index (χ0) is 10.6. The SMILES string of the molecule is CCNCC(=O)Nn1c(C)ccc1C. The van der Waals surface area contributed by atoms with Crippen LogP contribution in [0.1, 0.15) is 18.3 Å². The van der Waals surface area contributed by atoms with Crippen LogP contribution in [0.5, 0.6) is 0 Å². The van der Waals surface area contributed by atoms with Crippen molar-refractivity contribution in [2.75, 3.05) is 18.5 Å². The predicted octanol–water partition coefficient (Wildman–Crippen LogP) is 0.785. The minimum atomic E-state index is -0.0192. The van der Waals surface area contributed by atoms with E-state index in [2.05, 4.69) is 10.7 Å². The molecule has 0 saturated heterocycles. The number of nitrogens with one attached hydrogen (secondary N) is 2. The number of rotatable bonds is 4. The van der Waals surface area contributed by atoms with Crippen LogP contribution < -0.4 is 10.7 Å². The summed E-state index contributed by atoms with van der Waals surface area (Å²) in [5.41, 5.74) is 4.88. The summed E-state index contributed by atoms with van der Waals surface area (Å²) >= 11 is 0. The molecule has 0 spiro atoms. The molecule has 0 saturated carbocycles. The fraction of sp³-hybridized carbons (Fsp3) is 0.500. The van der Waals surface area contributed by atoms with Crippen molar-refractivity contribution in [1.29, 1.82) is 0 Å². The number of amides is 1. The second-order valence-corrected chi connectivity index (χ2v) is 3.27. The van der Waals surface area contributed by atoms with Gasteiger partial charge in [-0.05, 0) is 32.5 Å². The van der Waals surface area contributed by atoms with Gasteiger partial charge in [-0.1, -0.05) is 6.92 Å². The number of likely N-dealkylation sites (N-methyl/N-ethyl adjacent to an activating group) is 1. The second kappa shape index (κ2) is 4.81. The Hall–Kier alpha value is -1.29. The molecule has 2 N–H and O–H groups in total. The van der Waals surface area contributed by atoms with E-state index in [1.54, 1.807) is 4.68 Å². The molecule has 4 nitrogen and oxygen atoms in total. The highest BCUT2D eigenvalue weighted by Gasteiger charge is 2.04. The number of carbonyl (C=O) groups excluding carboxylic acids is 1. The lowest BCUT2D eigenvalue weighted by Crippen LogP contribution is -2.33. The molecule has 0 aliphatic heterocycles. The van der Waals surface area contributed by atoms with Gasteiger partial charge in [-0.3, -0.25) is 14.9 Å². The van der Waals surface area contributed by atoms with Crippen LogP contribution in [0.25, 0.3) is 0 Å². The van der Waals surface area contributed by atoms with Crippen LogP contribution in [-0.4, -0.2) is 23.7 Å². The number of hydrogen-bond acceptors (Lipinski definition) is 2. The van der Waals surface area contributed by atoms with Gasteiger partial charge in [0.1, 0.15) is 0 Å². The van der Waals surface area contributed by atoms with Gasteiger partial charge >= 0.3 is 0 Å². The van der Waals surface area contributed by atoms with E-state index in [0.29, 0.717) is 6.54 Å². The molecule has 78 valence electrons. The number of aromatic nitrogens is 1. The van der Waals surface area contributed by atoms with E-state index >= 15 is 0 Å². The van der Waals surface area contributed by atoms with Gasteiger partial charge in [0.05, 0.1) is 6.54 Å². The maximum Gasteiger partial charge on any atom is 0.252 e. The van der Waals surface area contributed by atoms with Crippen molar-refractivity contribution in [1.82, 2.24) is 9.99 Å². The van der Waals surface area contributed by atoms with E-state index in [1.807, 2.05) is 32.9 Å². The van der Waals surface area contributed by atoms with Gasteiger partial charge in [-0.25, -0.2) is 0 Å². The lowest BCUT2D eigenvalue weighted by molar-refractivity contribution is -0.116. The molecule has 0 unspecified atom stereocenters. The van der Waals surface area contributed by atoms with Crippen molar-refractivity contribution in [2.45, 2.75) is 20.8 Å². The molecule has 1 aromatic rings. The molecule has 1 amide bonds. The maximum atomic E-state index is 11.4. The lowest BCUT2D eigenvalue weighted by Gasteiger charge is -2.11. The summed E-state index contributed by atoms with van der Waals surface area (Å²) in [7, 11) is 0. The summed E-state index contributed by atoms with van der Waals surface area (Å²) in [6.45, 7) is 7.05. The smallest absolute Gasteiger partial charge is 0.252 e. The first kappa shape index (κ1) is 10.8. The third kappa shape index (κ3) is 2.60. The average molecular weight is 195 g/mol. The number of aryl methyl sites for hydroxylation is 2. The Morgan fingerprint density at radius 2 is 1.93 bits per heavy atom. The molecule has 0 fully saturated rings. The number of nitrogens with zero attached hydrogens (tertiary/aromatic N) is 1. The summed E-state index contributed by atoms with van der Waals surface area (Å²) in [6, 6.07) is 3.95. The van der Waals surface area contributed by atoms with E-state index in [1.165, 1.54) is 0 Å². The summed E-state index contributed by atoms with van der Waals surface area (Å²) < 4.78 is 1.79. The van der Waals surface area contributed by atoms with Crippen LogP contribution >= 0.6 is 0 Å². The Balaban J connectivity index is 2.55. The largest absolute Gasteiger partial charge is 0.309 e. The van der Waals surface area contributed by atoms with Gasteiger partial charge in [0.25, 0.3) is 5.91 Å². The first-order valence-electron chi connectivity index (χ1n) is 4.80. The molecular weight excluding hydrogens is 178 g/mol. The zero-order valence-corrected chi connectivity index (χ0v) is 8.92. The molecule has 1 rings (SSSR count). The van der Waals surface area contributed by atoms with Gasteiger partial charge in [-0.15, -0.1) is 0 Å². The predicted molar refractivity (Wildman–Crippen MR) is 56.8 cm³/mol. The van der Waals surface area contributed by atoms with Gasteiger partial charge in [0.15, 0.2) is 0 Å². The van der Waals surface area contributed by atoms with Crippen molar-refractivity contribution in [2.24, 2.45) is 0 Å². The van der Waals surface area contributed by atoms with Crippen LogP contribution in [0.3, 0.4) is 0 Å². The minimum Gasteiger partial charge on any atom is -0.309 e. The second-order valence-electron chi connectivity index (χ2n) is 3.27. The van der Waals surface area contributed by atoms with Crippen molar-refractivity contribution >= 4 is 5.91 Å². The summed E-state index contributed by atoms with van der Waals surface area (Å²) in [5, 5.41) is 2.97. The fourth-order valence-corrected chi connectivity index (χ4v) is 1.25. The highest BCUT2D eigenvalue weighted by molar-refractivity contribution is 5.85. The van der Waals surface area contributed by atoms with Crippen LogP contribution in [0.15, 0.2) is 12.1 Å². The van der Waals surface area contributed by atoms with Crippen molar-refractivity contribution < 1.29 is 4.79 Å². The Morgan fingerprint density at radius 1 is 1.36 bits per heavy atom. The van der Waals surface area contributed by atoms with E-state index in [9.17, 15) is 4.79 Å². The monoisotopic (exact) mass is 195 g/mol. The molecule has 0 bridgehead atoms. The quantitative estimate of drug-likeness (QED) is 0.746. The minimum absolute atomic E-state index is 0.0192. The van der Waals surface area contributed by atoms with Gasteiger partial charge < -0.3 is 5.32 Å². The molecule has 4 heteroatoms. The van der Waals surface area contributed by atoms with Gasteiger partial charge in [0, 0.05) is 11.4 Å². The molecule has 0 atom stereocenters. The Labute approximate surface area is 84.3 Å². The maximum absolute atomic E-state index is 11.4. The summed E-state index contributed by atoms with van der Waals surface area (Å²) in [6.07, 6.45) is 0. The molecule has 14 heavy (non-hydrogen) atoms. The van der Waals surface area contributed by atoms with Crippen LogP contribution in [-0.2, 0) is 4.79 Å². The number of carbonyl (C=O) groups is 1. The van der Waals surface area contributed by atoms with Gasteiger partial charge in [0.2, 0.25) is 0 Å². The van der Waals surface area contributed by atoms with Crippen molar-refractivity contribution in [3.8, 4) is 0 Å². The first-order valence-corrected chi connectivity index (χ1v) is 4.80. The first-order chi connectivity index (χ1) is 6.65. The third-order valence-electron chi connectivity index (χ3n) is 2.04. The van der Waals surface area contributed by atoms with E-state index in [4.69, 9.17) is 0 Å². The molecule has 0 aromatic carbocycles. The van der Waals surface area contributed by atoms with Crippen molar-refractivity contribution in [3.05, 3.63) is 23.5 Å². The topological polar surface area (TPSA) is 46.1 Å². The van der Waals surface area contributed by atoms with Crippen LogP contribution in [0, 0.1) is 13.8 Å². The normalized spacial score (nSPS) is 10.2. The molecule has 1 aromatic heterocycles. The Kier molecular flexibility index (Phi) is 3.71. The fourth-order valence-electron chi connectivity index (χ4n) is 1.25. The number of hydrogen-bond donors (Lipinski definition) is 2. The molecule has 0 radical (unpaired) electrons. The summed E-state index contributed by atoms with van der Waals surface area (Å²) in [4.78, 5) is 11.4. The van der Waals surface area contributed by atoms with Crippen molar-refractivity contribution in [3.63, 3.8) is 0 Å². The third-order valence-corrected chi connectivity index (χ3v) is 2.04. The van der Waals surface area contributed by atoms with Crippen LogP contribution in [0.2, 0.25) is 0 Å². The van der Waals surface area contributed by atoms with Gasteiger partial charge in [-0.2, -0.15) is 0 Å². The standard InChI is InChI=1S/C10H17N3O/c1-4-11-7-10(14)12-13-8(2)5-6-9(13)3/h5-6,11H,4,7H2,1-3H3,(H,12,14). The molecule has 0 aliphatic carbocycles.